The molecule has 3 heterocycles. The number of likely N-dealkylation sites (tertiary alicyclic amines) is 1. The van der Waals surface area contributed by atoms with Crippen LogP contribution in [0, 0.1) is 3.57 Å². The van der Waals surface area contributed by atoms with Crippen LogP contribution in [0.1, 0.15) is 32.7 Å². The summed E-state index contributed by atoms with van der Waals surface area (Å²) in [6.07, 6.45) is 6.31. The van der Waals surface area contributed by atoms with Crippen LogP contribution in [0.5, 0.6) is 0 Å². The average molecular weight is 420 g/mol. The molecule has 2 aromatic heterocycles. The summed E-state index contributed by atoms with van der Waals surface area (Å²) in [5, 5.41) is 1.22. The maximum Gasteiger partial charge on any atom is 0.107 e. The number of nitrogens with zero attached hydrogens (tertiary/aromatic N) is 4. The minimum atomic E-state index is 0.540. The first-order valence-corrected chi connectivity index (χ1v) is 9.36. The molecule has 1 aliphatic heterocycles. The molecule has 0 saturated carbocycles. The standard InChI is InChI=1S/C18H21IN4/c1-12(2)22-7-5-14(6-8-22)23-11-21-17-10-20-16-4-3-13(19)9-15(16)18(17)23/h3-4,9-12,14H,5-8H2,1-2H3. The first-order chi connectivity index (χ1) is 11.1. The lowest BCUT2D eigenvalue weighted by atomic mass is 10.0. The average Bonchev–Trinajstić information content (AvgIpc) is 2.99. The van der Waals surface area contributed by atoms with Crippen LogP contribution in [0.3, 0.4) is 0 Å². The van der Waals surface area contributed by atoms with Crippen LogP contribution in [0.25, 0.3) is 21.9 Å². The van der Waals surface area contributed by atoms with Crippen LogP contribution in [0.4, 0.5) is 0 Å². The molecule has 0 aliphatic carbocycles. The van der Waals surface area contributed by atoms with Gasteiger partial charge in [-0.25, -0.2) is 4.98 Å². The van der Waals surface area contributed by atoms with Gasteiger partial charge in [-0.3, -0.25) is 4.98 Å². The van der Waals surface area contributed by atoms with E-state index in [4.69, 9.17) is 0 Å². The Labute approximate surface area is 150 Å². The van der Waals surface area contributed by atoms with Crippen molar-refractivity contribution in [3.05, 3.63) is 34.3 Å². The van der Waals surface area contributed by atoms with Gasteiger partial charge in [-0.15, -0.1) is 0 Å². The highest BCUT2D eigenvalue weighted by molar-refractivity contribution is 14.1. The molecule has 1 aromatic carbocycles. The minimum absolute atomic E-state index is 0.540. The molecule has 0 unspecified atom stereocenters. The first-order valence-electron chi connectivity index (χ1n) is 8.28. The summed E-state index contributed by atoms with van der Waals surface area (Å²) in [4.78, 5) is 11.7. The van der Waals surface area contributed by atoms with E-state index in [1.54, 1.807) is 0 Å². The predicted molar refractivity (Wildman–Crippen MR) is 103 cm³/mol. The summed E-state index contributed by atoms with van der Waals surface area (Å²) in [6.45, 7) is 6.91. The van der Waals surface area contributed by atoms with Crippen molar-refractivity contribution in [3.8, 4) is 0 Å². The van der Waals surface area contributed by atoms with E-state index in [9.17, 15) is 0 Å². The predicted octanol–water partition coefficient (Wildman–Crippen LogP) is 4.23. The summed E-state index contributed by atoms with van der Waals surface area (Å²) in [5.41, 5.74) is 3.31. The number of imidazole rings is 1. The molecule has 0 spiro atoms. The molecule has 0 N–H and O–H groups in total. The van der Waals surface area contributed by atoms with Gasteiger partial charge in [0, 0.05) is 34.1 Å². The lowest BCUT2D eigenvalue weighted by molar-refractivity contribution is 0.153. The molecule has 120 valence electrons. The highest BCUT2D eigenvalue weighted by Crippen LogP contribution is 2.31. The van der Waals surface area contributed by atoms with Crippen LogP contribution >= 0.6 is 22.6 Å². The zero-order chi connectivity index (χ0) is 16.0. The summed E-state index contributed by atoms with van der Waals surface area (Å²) in [5.74, 6) is 0. The fraction of sp³-hybridized carbons (Fsp3) is 0.444. The van der Waals surface area contributed by atoms with Crippen molar-refractivity contribution in [1.29, 1.82) is 0 Å². The van der Waals surface area contributed by atoms with E-state index >= 15 is 0 Å². The number of halogens is 1. The summed E-state index contributed by atoms with van der Waals surface area (Å²) >= 11 is 2.37. The van der Waals surface area contributed by atoms with Crippen molar-refractivity contribution in [2.45, 2.75) is 38.8 Å². The van der Waals surface area contributed by atoms with Gasteiger partial charge in [-0.1, -0.05) is 0 Å². The topological polar surface area (TPSA) is 34.0 Å². The number of pyridine rings is 1. The van der Waals surface area contributed by atoms with Crippen LogP contribution in [-0.4, -0.2) is 38.6 Å². The Morgan fingerprint density at radius 3 is 2.65 bits per heavy atom. The Hall–Kier alpha value is -1.21. The summed E-state index contributed by atoms with van der Waals surface area (Å²) in [6, 6.07) is 7.63. The van der Waals surface area contributed by atoms with Gasteiger partial charge in [0.2, 0.25) is 0 Å². The summed E-state index contributed by atoms with van der Waals surface area (Å²) in [7, 11) is 0. The third-order valence-corrected chi connectivity index (χ3v) is 5.66. The molecular weight excluding hydrogens is 399 g/mol. The fourth-order valence-corrected chi connectivity index (χ4v) is 4.14. The van der Waals surface area contributed by atoms with Gasteiger partial charge >= 0.3 is 0 Å². The van der Waals surface area contributed by atoms with E-state index in [1.807, 2.05) is 12.5 Å². The zero-order valence-corrected chi connectivity index (χ0v) is 15.7. The molecule has 1 saturated heterocycles. The molecule has 0 bridgehead atoms. The largest absolute Gasteiger partial charge is 0.327 e. The molecule has 4 nitrogen and oxygen atoms in total. The van der Waals surface area contributed by atoms with Crippen molar-refractivity contribution in [1.82, 2.24) is 19.4 Å². The normalized spacial score (nSPS) is 17.6. The van der Waals surface area contributed by atoms with Crippen LogP contribution in [0.2, 0.25) is 0 Å². The fourth-order valence-electron chi connectivity index (χ4n) is 3.65. The molecule has 0 amide bonds. The SMILES string of the molecule is CC(C)N1CCC(n2cnc3cnc4ccc(I)cc4c32)CC1. The van der Waals surface area contributed by atoms with Crippen molar-refractivity contribution >= 4 is 44.5 Å². The van der Waals surface area contributed by atoms with E-state index in [0.29, 0.717) is 12.1 Å². The molecule has 23 heavy (non-hydrogen) atoms. The highest BCUT2D eigenvalue weighted by atomic mass is 127. The Balaban J connectivity index is 1.77. The maximum atomic E-state index is 4.61. The summed E-state index contributed by atoms with van der Waals surface area (Å²) < 4.78 is 3.64. The number of piperidine rings is 1. The number of hydrogen-bond acceptors (Lipinski definition) is 3. The van der Waals surface area contributed by atoms with E-state index in [1.165, 1.54) is 40.4 Å². The zero-order valence-electron chi connectivity index (χ0n) is 13.5. The van der Waals surface area contributed by atoms with Crippen LogP contribution in [-0.2, 0) is 0 Å². The minimum Gasteiger partial charge on any atom is -0.327 e. The number of hydrogen-bond donors (Lipinski definition) is 0. The Kier molecular flexibility index (Phi) is 4.01. The van der Waals surface area contributed by atoms with Crippen LogP contribution in [0.15, 0.2) is 30.7 Å². The van der Waals surface area contributed by atoms with Gasteiger partial charge in [-0.05, 0) is 67.5 Å². The Morgan fingerprint density at radius 2 is 1.91 bits per heavy atom. The van der Waals surface area contributed by atoms with E-state index < -0.39 is 0 Å². The monoisotopic (exact) mass is 420 g/mol. The van der Waals surface area contributed by atoms with Crippen molar-refractivity contribution in [2.75, 3.05) is 13.1 Å². The van der Waals surface area contributed by atoms with Crippen molar-refractivity contribution < 1.29 is 0 Å². The number of benzene rings is 1. The third-order valence-electron chi connectivity index (χ3n) is 4.98. The lowest BCUT2D eigenvalue weighted by Crippen LogP contribution is -2.38. The highest BCUT2D eigenvalue weighted by Gasteiger charge is 2.23. The second-order valence-corrected chi connectivity index (χ2v) is 7.91. The number of rotatable bonds is 2. The quantitative estimate of drug-likeness (QED) is 0.582. The van der Waals surface area contributed by atoms with Gasteiger partial charge in [0.05, 0.1) is 23.6 Å². The van der Waals surface area contributed by atoms with Gasteiger partial charge in [0.1, 0.15) is 5.52 Å². The molecule has 1 aliphatic rings. The van der Waals surface area contributed by atoms with Gasteiger partial charge in [0.25, 0.3) is 0 Å². The molecule has 1 fully saturated rings. The van der Waals surface area contributed by atoms with E-state index in [2.05, 4.69) is 74.1 Å². The van der Waals surface area contributed by atoms with Crippen LogP contribution < -0.4 is 0 Å². The number of fused-ring (bicyclic) bond motifs is 3. The van der Waals surface area contributed by atoms with E-state index in [-0.39, 0.29) is 0 Å². The number of aromatic nitrogens is 3. The molecule has 3 aromatic rings. The smallest absolute Gasteiger partial charge is 0.107 e. The first kappa shape index (κ1) is 15.3. The molecule has 4 rings (SSSR count). The van der Waals surface area contributed by atoms with Gasteiger partial charge < -0.3 is 9.47 Å². The van der Waals surface area contributed by atoms with Crippen molar-refractivity contribution in [2.24, 2.45) is 0 Å². The molecule has 5 heteroatoms. The Bertz CT molecular complexity index is 847. The molecule has 0 radical (unpaired) electrons. The van der Waals surface area contributed by atoms with Gasteiger partial charge in [-0.2, -0.15) is 0 Å². The molecule has 0 atom stereocenters. The van der Waals surface area contributed by atoms with Crippen molar-refractivity contribution in [3.63, 3.8) is 0 Å². The van der Waals surface area contributed by atoms with E-state index in [0.717, 1.165) is 11.0 Å². The van der Waals surface area contributed by atoms with Gasteiger partial charge in [0.15, 0.2) is 0 Å². The second kappa shape index (κ2) is 6.02. The lowest BCUT2D eigenvalue weighted by Gasteiger charge is -2.35. The maximum absolute atomic E-state index is 4.61. The Morgan fingerprint density at radius 1 is 1.13 bits per heavy atom. The third kappa shape index (κ3) is 2.74. The molecular formula is C18H21IN4. The second-order valence-electron chi connectivity index (χ2n) is 6.67.